The van der Waals surface area contributed by atoms with E-state index in [4.69, 9.17) is 16.0 Å². The van der Waals surface area contributed by atoms with Crippen LogP contribution in [0.25, 0.3) is 11.1 Å². The first-order chi connectivity index (χ1) is 13.3. The molecule has 146 valence electrons. The molecule has 1 aliphatic rings. The van der Waals surface area contributed by atoms with Gasteiger partial charge in [0.2, 0.25) is 5.91 Å². The number of aromatic nitrogens is 1. The molecule has 1 saturated heterocycles. The van der Waals surface area contributed by atoms with E-state index in [0.717, 1.165) is 6.42 Å². The van der Waals surface area contributed by atoms with Crippen LogP contribution in [0.2, 0.25) is 5.02 Å². The second-order valence-electron chi connectivity index (χ2n) is 6.48. The van der Waals surface area contributed by atoms with Crippen molar-refractivity contribution in [1.29, 1.82) is 0 Å². The highest BCUT2D eigenvalue weighted by Crippen LogP contribution is 2.32. The summed E-state index contributed by atoms with van der Waals surface area (Å²) >= 11 is 6.27. The van der Waals surface area contributed by atoms with E-state index < -0.39 is 15.8 Å². The summed E-state index contributed by atoms with van der Waals surface area (Å²) < 4.78 is 34.2. The van der Waals surface area contributed by atoms with Crippen molar-refractivity contribution in [2.24, 2.45) is 7.05 Å². The molecule has 1 fully saturated rings. The van der Waals surface area contributed by atoms with Crippen LogP contribution in [0.4, 0.5) is 11.4 Å². The SMILES string of the molecule is Cn1c(=O)oc2cc(S(=O)(=O)Nc3ccc(N4CCCC4=O)c(Cl)c3)ccc21. The minimum atomic E-state index is -3.93. The summed E-state index contributed by atoms with van der Waals surface area (Å²) in [5.74, 6) is -0.579. The van der Waals surface area contributed by atoms with Gasteiger partial charge < -0.3 is 9.32 Å². The lowest BCUT2D eigenvalue weighted by molar-refractivity contribution is -0.117. The molecule has 0 atom stereocenters. The fourth-order valence-electron chi connectivity index (χ4n) is 3.19. The highest BCUT2D eigenvalue weighted by Gasteiger charge is 2.24. The van der Waals surface area contributed by atoms with E-state index in [1.807, 2.05) is 0 Å². The first-order valence-corrected chi connectivity index (χ1v) is 10.3. The summed E-state index contributed by atoms with van der Waals surface area (Å²) in [5, 5.41) is 0.278. The number of hydrogen-bond donors (Lipinski definition) is 1. The smallest absolute Gasteiger partial charge is 0.408 e. The molecule has 28 heavy (non-hydrogen) atoms. The van der Waals surface area contributed by atoms with Crippen LogP contribution in [0.5, 0.6) is 0 Å². The number of halogens is 1. The Morgan fingerprint density at radius 3 is 2.61 bits per heavy atom. The number of anilines is 2. The van der Waals surface area contributed by atoms with Crippen LogP contribution < -0.4 is 15.4 Å². The molecule has 2 aromatic carbocycles. The Morgan fingerprint density at radius 2 is 1.93 bits per heavy atom. The molecule has 10 heteroatoms. The van der Waals surface area contributed by atoms with E-state index in [-0.39, 0.29) is 27.1 Å². The van der Waals surface area contributed by atoms with Crippen molar-refractivity contribution in [1.82, 2.24) is 4.57 Å². The maximum atomic E-state index is 12.7. The molecule has 0 saturated carbocycles. The number of rotatable bonds is 4. The fourth-order valence-corrected chi connectivity index (χ4v) is 4.53. The van der Waals surface area contributed by atoms with Gasteiger partial charge in [0, 0.05) is 26.1 Å². The summed E-state index contributed by atoms with van der Waals surface area (Å²) in [4.78, 5) is 25.0. The zero-order valence-corrected chi connectivity index (χ0v) is 16.4. The standard InChI is InChI=1S/C18H16ClN3O5S/c1-21-15-7-5-12(10-16(15)27-18(21)24)28(25,26)20-11-4-6-14(13(19)9-11)22-8-2-3-17(22)23/h4-7,9-10,20H,2-3,8H2,1H3. The van der Waals surface area contributed by atoms with E-state index in [1.165, 1.54) is 35.9 Å². The van der Waals surface area contributed by atoms with Gasteiger partial charge in [0.15, 0.2) is 5.58 Å². The summed E-state index contributed by atoms with van der Waals surface area (Å²) in [6, 6.07) is 8.80. The molecule has 3 aromatic rings. The van der Waals surface area contributed by atoms with Gasteiger partial charge in [0.05, 0.1) is 26.8 Å². The Balaban J connectivity index is 1.63. The van der Waals surface area contributed by atoms with Crippen molar-refractivity contribution in [2.45, 2.75) is 17.7 Å². The van der Waals surface area contributed by atoms with E-state index in [1.54, 1.807) is 17.0 Å². The van der Waals surface area contributed by atoms with Gasteiger partial charge in [-0.25, -0.2) is 13.2 Å². The third-order valence-electron chi connectivity index (χ3n) is 4.64. The third-order valence-corrected chi connectivity index (χ3v) is 6.32. The number of fused-ring (bicyclic) bond motifs is 1. The number of carbonyl (C=O) groups is 1. The van der Waals surface area contributed by atoms with Gasteiger partial charge in [-0.1, -0.05) is 11.6 Å². The molecule has 0 aliphatic carbocycles. The summed E-state index contributed by atoms with van der Waals surface area (Å²) in [6.07, 6.45) is 1.24. The van der Waals surface area contributed by atoms with Crippen molar-refractivity contribution >= 4 is 50.0 Å². The maximum absolute atomic E-state index is 12.7. The maximum Gasteiger partial charge on any atom is 0.419 e. The molecule has 4 rings (SSSR count). The number of oxazole rings is 1. The second kappa shape index (κ2) is 6.68. The van der Waals surface area contributed by atoms with Crippen LogP contribution in [0.15, 0.2) is 50.5 Å². The number of amides is 1. The van der Waals surface area contributed by atoms with Gasteiger partial charge in [-0.2, -0.15) is 0 Å². The van der Waals surface area contributed by atoms with Crippen LogP contribution in [0.1, 0.15) is 12.8 Å². The van der Waals surface area contributed by atoms with Gasteiger partial charge in [-0.15, -0.1) is 0 Å². The van der Waals surface area contributed by atoms with E-state index in [2.05, 4.69) is 4.72 Å². The van der Waals surface area contributed by atoms with Crippen molar-refractivity contribution in [3.63, 3.8) is 0 Å². The molecular weight excluding hydrogens is 406 g/mol. The molecule has 8 nitrogen and oxygen atoms in total. The highest BCUT2D eigenvalue weighted by molar-refractivity contribution is 7.92. The molecule has 1 aliphatic heterocycles. The largest absolute Gasteiger partial charge is 0.419 e. The first-order valence-electron chi connectivity index (χ1n) is 8.48. The molecule has 0 radical (unpaired) electrons. The lowest BCUT2D eigenvalue weighted by Crippen LogP contribution is -2.24. The summed E-state index contributed by atoms with van der Waals surface area (Å²) in [7, 11) is -2.39. The van der Waals surface area contributed by atoms with E-state index in [0.29, 0.717) is 24.2 Å². The Bertz CT molecular complexity index is 1260. The number of nitrogens with zero attached hydrogens (tertiary/aromatic N) is 2. The summed E-state index contributed by atoms with van der Waals surface area (Å²) in [6.45, 7) is 0.589. The molecule has 2 heterocycles. The monoisotopic (exact) mass is 421 g/mol. The number of carbonyl (C=O) groups excluding carboxylic acids is 1. The van der Waals surface area contributed by atoms with Crippen molar-refractivity contribution in [3.05, 3.63) is 52.0 Å². The fraction of sp³-hybridized carbons (Fsp3) is 0.222. The van der Waals surface area contributed by atoms with Crippen LogP contribution >= 0.6 is 11.6 Å². The van der Waals surface area contributed by atoms with Crippen LogP contribution in [-0.2, 0) is 21.9 Å². The Morgan fingerprint density at radius 1 is 1.14 bits per heavy atom. The van der Waals surface area contributed by atoms with Gasteiger partial charge in [-0.05, 0) is 36.8 Å². The van der Waals surface area contributed by atoms with Crippen LogP contribution in [0.3, 0.4) is 0 Å². The molecule has 0 bridgehead atoms. The van der Waals surface area contributed by atoms with Gasteiger partial charge in [-0.3, -0.25) is 14.1 Å². The Kier molecular flexibility index (Phi) is 4.43. The molecule has 0 unspecified atom stereocenters. The minimum Gasteiger partial charge on any atom is -0.408 e. The molecule has 1 amide bonds. The molecule has 1 aromatic heterocycles. The number of hydrogen-bond acceptors (Lipinski definition) is 5. The lowest BCUT2D eigenvalue weighted by Gasteiger charge is -2.18. The average molecular weight is 422 g/mol. The van der Waals surface area contributed by atoms with Crippen molar-refractivity contribution in [3.8, 4) is 0 Å². The second-order valence-corrected chi connectivity index (χ2v) is 8.57. The number of benzene rings is 2. The molecular formula is C18H16ClN3O5S. The number of sulfonamides is 1. The highest BCUT2D eigenvalue weighted by atomic mass is 35.5. The number of nitrogens with one attached hydrogen (secondary N) is 1. The molecule has 1 N–H and O–H groups in total. The number of aryl methyl sites for hydroxylation is 1. The predicted octanol–water partition coefficient (Wildman–Crippen LogP) is 2.71. The van der Waals surface area contributed by atoms with Crippen LogP contribution in [-0.4, -0.2) is 25.4 Å². The van der Waals surface area contributed by atoms with Gasteiger partial charge in [0.1, 0.15) is 0 Å². The molecule has 0 spiro atoms. The lowest BCUT2D eigenvalue weighted by atomic mass is 10.2. The zero-order valence-electron chi connectivity index (χ0n) is 14.8. The average Bonchev–Trinajstić information content (AvgIpc) is 3.18. The van der Waals surface area contributed by atoms with E-state index >= 15 is 0 Å². The third kappa shape index (κ3) is 3.16. The zero-order chi connectivity index (χ0) is 20.1. The normalized spacial score (nSPS) is 14.8. The van der Waals surface area contributed by atoms with Gasteiger partial charge in [0.25, 0.3) is 10.0 Å². The predicted molar refractivity (Wildman–Crippen MR) is 105 cm³/mol. The topological polar surface area (TPSA) is 102 Å². The minimum absolute atomic E-state index is 0.00659. The summed E-state index contributed by atoms with van der Waals surface area (Å²) in [5.41, 5.74) is 1.48. The Labute approximate surface area is 165 Å². The van der Waals surface area contributed by atoms with E-state index in [9.17, 15) is 18.0 Å². The first kappa shape index (κ1) is 18.6. The Hall–Kier alpha value is -2.78. The van der Waals surface area contributed by atoms with Crippen LogP contribution in [0, 0.1) is 0 Å². The van der Waals surface area contributed by atoms with Crippen molar-refractivity contribution in [2.75, 3.05) is 16.2 Å². The quantitative estimate of drug-likeness (QED) is 0.697. The van der Waals surface area contributed by atoms with Gasteiger partial charge >= 0.3 is 5.76 Å². The van der Waals surface area contributed by atoms with Crippen molar-refractivity contribution < 1.29 is 17.6 Å².